The maximum Gasteiger partial charge on any atom is 0.103 e. The Kier molecular flexibility index (Phi) is 3.90. The molecule has 0 amide bonds. The molecule has 0 aliphatic carbocycles. The quantitative estimate of drug-likeness (QED) is 0.903. The molecule has 1 aromatic heterocycles. The maximum absolute atomic E-state index is 4.95. The molecule has 3 atom stereocenters. The van der Waals surface area contributed by atoms with Crippen molar-refractivity contribution in [3.8, 4) is 0 Å². The van der Waals surface area contributed by atoms with Gasteiger partial charge in [-0.25, -0.2) is 4.98 Å². The van der Waals surface area contributed by atoms with Crippen LogP contribution in [0.2, 0.25) is 0 Å². The molecule has 1 aromatic carbocycles. The molecule has 2 aromatic rings. The van der Waals surface area contributed by atoms with E-state index in [-0.39, 0.29) is 0 Å². The van der Waals surface area contributed by atoms with Crippen LogP contribution in [0.4, 0.5) is 0 Å². The molecule has 2 saturated heterocycles. The van der Waals surface area contributed by atoms with Gasteiger partial charge in [0.2, 0.25) is 0 Å². The molecule has 3 aliphatic rings. The van der Waals surface area contributed by atoms with Gasteiger partial charge in [0.15, 0.2) is 0 Å². The molecule has 2 N–H and O–H groups in total. The van der Waals surface area contributed by atoms with Crippen LogP contribution in [0, 0.1) is 12.8 Å². The fourth-order valence-electron chi connectivity index (χ4n) is 5.44. The molecule has 25 heavy (non-hydrogen) atoms. The van der Waals surface area contributed by atoms with Gasteiger partial charge >= 0.3 is 0 Å². The molecule has 0 radical (unpaired) electrons. The van der Waals surface area contributed by atoms with Gasteiger partial charge in [0.25, 0.3) is 0 Å². The van der Waals surface area contributed by atoms with E-state index in [1.165, 1.54) is 42.6 Å². The van der Waals surface area contributed by atoms with Crippen molar-refractivity contribution in [1.82, 2.24) is 20.2 Å². The predicted octanol–water partition coefficient (Wildman–Crippen LogP) is 3.35. The number of aromatic nitrogens is 2. The lowest BCUT2D eigenvalue weighted by Crippen LogP contribution is -2.46. The Morgan fingerprint density at radius 2 is 1.88 bits per heavy atom. The standard InChI is InChI=1S/C21H28N4/c1-14-22-19-9-10-25(13-15-5-3-2-4-6-15)21(20(19)23-14)16-11-17-7-8-18(12-16)24-17/h2-6,16-18,21,24H,7-13H2,1H3,(H,22,23). The summed E-state index contributed by atoms with van der Waals surface area (Å²) in [4.78, 5) is 11.2. The van der Waals surface area contributed by atoms with E-state index in [4.69, 9.17) is 4.98 Å². The first-order chi connectivity index (χ1) is 12.3. The van der Waals surface area contributed by atoms with Gasteiger partial charge in [-0.15, -0.1) is 0 Å². The molecular formula is C21H28N4. The number of aromatic amines is 1. The van der Waals surface area contributed by atoms with Crippen LogP contribution < -0.4 is 5.32 Å². The topological polar surface area (TPSA) is 44.0 Å². The smallest absolute Gasteiger partial charge is 0.103 e. The molecule has 0 saturated carbocycles. The van der Waals surface area contributed by atoms with Gasteiger partial charge in [-0.05, 0) is 44.1 Å². The van der Waals surface area contributed by atoms with Gasteiger partial charge in [0, 0.05) is 37.3 Å². The van der Waals surface area contributed by atoms with Crippen molar-refractivity contribution in [1.29, 1.82) is 0 Å². The Hall–Kier alpha value is -1.65. The van der Waals surface area contributed by atoms with Crippen molar-refractivity contribution in [3.05, 3.63) is 53.1 Å². The minimum absolute atomic E-state index is 0.471. The van der Waals surface area contributed by atoms with Crippen LogP contribution in [-0.2, 0) is 13.0 Å². The fraction of sp³-hybridized carbons (Fsp3) is 0.571. The number of aryl methyl sites for hydroxylation is 1. The van der Waals surface area contributed by atoms with Crippen molar-refractivity contribution in [2.45, 2.75) is 63.7 Å². The third kappa shape index (κ3) is 2.91. The SMILES string of the molecule is Cc1nc2c([nH]1)CCN(Cc1ccccc1)C2C1CC2CCC(C1)N2. The third-order valence-corrected chi connectivity index (χ3v) is 6.44. The highest BCUT2D eigenvalue weighted by molar-refractivity contribution is 5.25. The molecule has 4 heterocycles. The molecule has 2 fully saturated rings. The summed E-state index contributed by atoms with van der Waals surface area (Å²) >= 11 is 0. The molecule has 132 valence electrons. The van der Waals surface area contributed by atoms with Crippen LogP contribution >= 0.6 is 0 Å². The molecule has 5 rings (SSSR count). The maximum atomic E-state index is 4.95. The summed E-state index contributed by atoms with van der Waals surface area (Å²) in [5.41, 5.74) is 4.14. The number of nitrogens with one attached hydrogen (secondary N) is 2. The Labute approximate surface area is 150 Å². The van der Waals surface area contributed by atoms with Crippen molar-refractivity contribution < 1.29 is 0 Å². The number of hydrogen-bond donors (Lipinski definition) is 2. The number of fused-ring (bicyclic) bond motifs is 3. The van der Waals surface area contributed by atoms with Crippen LogP contribution in [-0.4, -0.2) is 33.5 Å². The Morgan fingerprint density at radius 3 is 2.64 bits per heavy atom. The second-order valence-corrected chi connectivity index (χ2v) is 8.21. The average molecular weight is 336 g/mol. The van der Waals surface area contributed by atoms with Crippen LogP contribution in [0.25, 0.3) is 0 Å². The molecule has 3 aliphatic heterocycles. The predicted molar refractivity (Wildman–Crippen MR) is 99.3 cm³/mol. The number of imidazole rings is 1. The Morgan fingerprint density at radius 1 is 1.12 bits per heavy atom. The zero-order valence-electron chi connectivity index (χ0n) is 15.0. The van der Waals surface area contributed by atoms with Crippen LogP contribution in [0.15, 0.2) is 30.3 Å². The first kappa shape index (κ1) is 15.6. The van der Waals surface area contributed by atoms with E-state index in [1.54, 1.807) is 0 Å². The minimum atomic E-state index is 0.471. The van der Waals surface area contributed by atoms with Gasteiger partial charge in [-0.1, -0.05) is 30.3 Å². The minimum Gasteiger partial charge on any atom is -0.346 e. The van der Waals surface area contributed by atoms with Crippen LogP contribution in [0.5, 0.6) is 0 Å². The number of nitrogens with zero attached hydrogens (tertiary/aromatic N) is 2. The zero-order chi connectivity index (χ0) is 16.8. The lowest BCUT2D eigenvalue weighted by Gasteiger charge is -2.43. The van der Waals surface area contributed by atoms with Gasteiger partial charge in [0.1, 0.15) is 5.82 Å². The Bertz CT molecular complexity index is 726. The second kappa shape index (κ2) is 6.26. The summed E-state index contributed by atoms with van der Waals surface area (Å²) in [6.45, 7) is 4.27. The average Bonchev–Trinajstić information content (AvgIpc) is 3.16. The molecular weight excluding hydrogens is 308 g/mol. The second-order valence-electron chi connectivity index (χ2n) is 8.21. The largest absolute Gasteiger partial charge is 0.346 e. The number of H-pyrrole nitrogens is 1. The van der Waals surface area contributed by atoms with Gasteiger partial charge < -0.3 is 10.3 Å². The summed E-state index contributed by atoms with van der Waals surface area (Å²) < 4.78 is 0. The third-order valence-electron chi connectivity index (χ3n) is 6.44. The van der Waals surface area contributed by atoms with E-state index in [2.05, 4.69) is 52.5 Å². The van der Waals surface area contributed by atoms with E-state index in [1.807, 2.05) is 0 Å². The number of rotatable bonds is 3. The summed E-state index contributed by atoms with van der Waals surface area (Å²) in [6.07, 6.45) is 6.42. The van der Waals surface area contributed by atoms with Gasteiger partial charge in [-0.2, -0.15) is 0 Å². The zero-order valence-corrected chi connectivity index (χ0v) is 15.0. The van der Waals surface area contributed by atoms with Crippen molar-refractivity contribution >= 4 is 0 Å². The van der Waals surface area contributed by atoms with Crippen molar-refractivity contribution in [3.63, 3.8) is 0 Å². The molecule has 4 heteroatoms. The summed E-state index contributed by atoms with van der Waals surface area (Å²) in [6, 6.07) is 12.9. The van der Waals surface area contributed by atoms with Gasteiger partial charge in [-0.3, -0.25) is 4.90 Å². The van der Waals surface area contributed by atoms with E-state index in [9.17, 15) is 0 Å². The first-order valence-electron chi connectivity index (χ1n) is 9.85. The highest BCUT2D eigenvalue weighted by Gasteiger charge is 2.42. The lowest BCUT2D eigenvalue weighted by atomic mass is 9.81. The summed E-state index contributed by atoms with van der Waals surface area (Å²) in [7, 11) is 0. The molecule has 3 unspecified atom stereocenters. The van der Waals surface area contributed by atoms with E-state index >= 15 is 0 Å². The number of piperidine rings is 1. The summed E-state index contributed by atoms with van der Waals surface area (Å²) in [5.74, 6) is 1.80. The van der Waals surface area contributed by atoms with Crippen LogP contribution in [0.1, 0.15) is 54.5 Å². The number of hydrogen-bond acceptors (Lipinski definition) is 3. The molecule has 0 spiro atoms. The highest BCUT2D eigenvalue weighted by atomic mass is 15.2. The first-order valence-corrected chi connectivity index (χ1v) is 9.85. The van der Waals surface area contributed by atoms with E-state index < -0.39 is 0 Å². The normalized spacial score (nSPS) is 31.9. The lowest BCUT2D eigenvalue weighted by molar-refractivity contribution is 0.0884. The summed E-state index contributed by atoms with van der Waals surface area (Å²) in [5, 5.41) is 3.81. The van der Waals surface area contributed by atoms with Crippen molar-refractivity contribution in [2.75, 3.05) is 6.54 Å². The number of benzene rings is 1. The Balaban J connectivity index is 1.47. The van der Waals surface area contributed by atoms with E-state index in [0.717, 1.165) is 43.3 Å². The fourth-order valence-corrected chi connectivity index (χ4v) is 5.44. The molecule has 2 bridgehead atoms. The van der Waals surface area contributed by atoms with Gasteiger partial charge in [0.05, 0.1) is 11.7 Å². The van der Waals surface area contributed by atoms with Crippen molar-refractivity contribution in [2.24, 2.45) is 5.92 Å². The molecule has 4 nitrogen and oxygen atoms in total. The monoisotopic (exact) mass is 336 g/mol. The van der Waals surface area contributed by atoms with E-state index in [0.29, 0.717) is 6.04 Å². The highest BCUT2D eigenvalue weighted by Crippen LogP contribution is 2.43. The van der Waals surface area contributed by atoms with Crippen LogP contribution in [0.3, 0.4) is 0 Å².